The zero-order valence-corrected chi connectivity index (χ0v) is 10.4. The van der Waals surface area contributed by atoms with E-state index in [9.17, 15) is 0 Å². The summed E-state index contributed by atoms with van der Waals surface area (Å²) >= 11 is 12.1. The van der Waals surface area contributed by atoms with Crippen LogP contribution in [0.15, 0.2) is 18.2 Å². The molecule has 1 aliphatic rings. The summed E-state index contributed by atoms with van der Waals surface area (Å²) in [5.74, 6) is 0. The maximum absolute atomic E-state index is 6.16. The first-order valence-corrected chi connectivity index (χ1v) is 6.11. The van der Waals surface area contributed by atoms with Gasteiger partial charge >= 0.3 is 0 Å². The van der Waals surface area contributed by atoms with E-state index in [1.807, 2.05) is 12.1 Å². The van der Waals surface area contributed by atoms with E-state index in [1.54, 1.807) is 0 Å². The van der Waals surface area contributed by atoms with E-state index in [1.165, 1.54) is 19.4 Å². The van der Waals surface area contributed by atoms with Gasteiger partial charge in [-0.25, -0.2) is 0 Å². The lowest BCUT2D eigenvalue weighted by molar-refractivity contribution is 0.260. The van der Waals surface area contributed by atoms with Crippen LogP contribution in [0.5, 0.6) is 0 Å². The molecule has 1 saturated heterocycles. The first-order valence-electron chi connectivity index (χ1n) is 5.35. The van der Waals surface area contributed by atoms with E-state index in [0.717, 1.165) is 12.1 Å². The van der Waals surface area contributed by atoms with Crippen molar-refractivity contribution in [2.45, 2.75) is 32.4 Å². The Labute approximate surface area is 101 Å². The lowest BCUT2D eigenvalue weighted by atomic mass is 10.2. The van der Waals surface area contributed by atoms with E-state index in [-0.39, 0.29) is 0 Å². The standard InChI is InChI=1S/C12H15Cl2N/c1-9-4-3-7-15(9)8-10-5-2-6-11(13)12(10)14/h2,5-6,9H,3-4,7-8H2,1H3. The molecule has 0 aliphatic carbocycles. The summed E-state index contributed by atoms with van der Waals surface area (Å²) in [6.07, 6.45) is 2.58. The van der Waals surface area contributed by atoms with Crippen LogP contribution in [0.3, 0.4) is 0 Å². The van der Waals surface area contributed by atoms with Gasteiger partial charge in [-0.1, -0.05) is 35.3 Å². The van der Waals surface area contributed by atoms with Crippen molar-refractivity contribution in [1.29, 1.82) is 0 Å². The van der Waals surface area contributed by atoms with E-state index < -0.39 is 0 Å². The van der Waals surface area contributed by atoms with Gasteiger partial charge in [-0.15, -0.1) is 0 Å². The first-order chi connectivity index (χ1) is 7.18. The predicted molar refractivity (Wildman–Crippen MR) is 65.6 cm³/mol. The average molecular weight is 244 g/mol. The van der Waals surface area contributed by atoms with Crippen LogP contribution in [0.2, 0.25) is 10.0 Å². The van der Waals surface area contributed by atoms with E-state index in [0.29, 0.717) is 16.1 Å². The van der Waals surface area contributed by atoms with Gasteiger partial charge in [-0.2, -0.15) is 0 Å². The summed E-state index contributed by atoms with van der Waals surface area (Å²) in [4.78, 5) is 2.46. The molecular weight excluding hydrogens is 229 g/mol. The largest absolute Gasteiger partial charge is 0.296 e. The maximum Gasteiger partial charge on any atom is 0.0637 e. The summed E-state index contributed by atoms with van der Waals surface area (Å²) in [5, 5.41) is 1.36. The molecule has 15 heavy (non-hydrogen) atoms. The fraction of sp³-hybridized carbons (Fsp3) is 0.500. The number of hydrogen-bond donors (Lipinski definition) is 0. The van der Waals surface area contributed by atoms with Crippen LogP contribution in [-0.2, 0) is 6.54 Å². The number of nitrogens with zero attached hydrogens (tertiary/aromatic N) is 1. The van der Waals surface area contributed by atoms with Crippen LogP contribution in [-0.4, -0.2) is 17.5 Å². The molecule has 0 saturated carbocycles. The molecule has 1 aromatic rings. The molecule has 0 bridgehead atoms. The second kappa shape index (κ2) is 4.73. The van der Waals surface area contributed by atoms with Crippen LogP contribution in [0, 0.1) is 0 Å². The van der Waals surface area contributed by atoms with Gasteiger partial charge in [-0.3, -0.25) is 4.90 Å². The van der Waals surface area contributed by atoms with Crippen molar-refractivity contribution in [2.75, 3.05) is 6.54 Å². The molecule has 1 aliphatic heterocycles. The Balaban J connectivity index is 2.13. The molecule has 2 rings (SSSR count). The lowest BCUT2D eigenvalue weighted by Crippen LogP contribution is -2.26. The fourth-order valence-corrected chi connectivity index (χ4v) is 2.50. The summed E-state index contributed by atoms with van der Waals surface area (Å²) in [6.45, 7) is 4.36. The molecule has 0 aromatic heterocycles. The number of benzene rings is 1. The highest BCUT2D eigenvalue weighted by atomic mass is 35.5. The molecular formula is C12H15Cl2N. The number of rotatable bonds is 2. The number of hydrogen-bond acceptors (Lipinski definition) is 1. The highest BCUT2D eigenvalue weighted by Crippen LogP contribution is 2.28. The second-order valence-electron chi connectivity index (χ2n) is 4.17. The third-order valence-corrected chi connectivity index (χ3v) is 3.95. The second-order valence-corrected chi connectivity index (χ2v) is 4.96. The van der Waals surface area contributed by atoms with Crippen LogP contribution in [0.4, 0.5) is 0 Å². The molecule has 1 unspecified atom stereocenters. The predicted octanol–water partition coefficient (Wildman–Crippen LogP) is 3.98. The Hall–Kier alpha value is -0.240. The monoisotopic (exact) mass is 243 g/mol. The van der Waals surface area contributed by atoms with Crippen molar-refractivity contribution in [2.24, 2.45) is 0 Å². The molecule has 0 radical (unpaired) electrons. The molecule has 0 spiro atoms. The smallest absolute Gasteiger partial charge is 0.0637 e. The minimum absolute atomic E-state index is 0.654. The van der Waals surface area contributed by atoms with Gasteiger partial charge in [0.2, 0.25) is 0 Å². The maximum atomic E-state index is 6.16. The van der Waals surface area contributed by atoms with E-state index in [4.69, 9.17) is 23.2 Å². The average Bonchev–Trinajstić information content (AvgIpc) is 2.60. The first kappa shape index (κ1) is 11.3. The molecule has 1 fully saturated rings. The van der Waals surface area contributed by atoms with E-state index >= 15 is 0 Å². The van der Waals surface area contributed by atoms with Crippen molar-refractivity contribution < 1.29 is 0 Å². The minimum Gasteiger partial charge on any atom is -0.296 e. The molecule has 0 amide bonds. The van der Waals surface area contributed by atoms with Gasteiger partial charge < -0.3 is 0 Å². The van der Waals surface area contributed by atoms with Crippen LogP contribution < -0.4 is 0 Å². The van der Waals surface area contributed by atoms with Crippen LogP contribution >= 0.6 is 23.2 Å². The van der Waals surface area contributed by atoms with Crippen LogP contribution in [0.1, 0.15) is 25.3 Å². The normalized spacial score (nSPS) is 22.2. The zero-order chi connectivity index (χ0) is 10.8. The Morgan fingerprint density at radius 3 is 2.87 bits per heavy atom. The van der Waals surface area contributed by atoms with Gasteiger partial charge in [0.25, 0.3) is 0 Å². The zero-order valence-electron chi connectivity index (χ0n) is 8.84. The van der Waals surface area contributed by atoms with Gasteiger partial charge in [0.1, 0.15) is 0 Å². The van der Waals surface area contributed by atoms with Crippen molar-refractivity contribution in [3.05, 3.63) is 33.8 Å². The number of halogens is 2. The third-order valence-electron chi connectivity index (χ3n) is 3.10. The summed E-state index contributed by atoms with van der Waals surface area (Å²) in [6, 6.07) is 6.52. The Morgan fingerprint density at radius 2 is 2.20 bits per heavy atom. The lowest BCUT2D eigenvalue weighted by Gasteiger charge is -2.21. The summed E-state index contributed by atoms with van der Waals surface area (Å²) < 4.78 is 0. The minimum atomic E-state index is 0.654. The third kappa shape index (κ3) is 2.47. The molecule has 1 heterocycles. The van der Waals surface area contributed by atoms with Crippen molar-refractivity contribution in [3.8, 4) is 0 Å². The highest BCUT2D eigenvalue weighted by Gasteiger charge is 2.21. The summed E-state index contributed by atoms with van der Waals surface area (Å²) in [7, 11) is 0. The highest BCUT2D eigenvalue weighted by molar-refractivity contribution is 6.42. The fourth-order valence-electron chi connectivity index (χ4n) is 2.12. The SMILES string of the molecule is CC1CCCN1Cc1cccc(Cl)c1Cl. The molecule has 1 nitrogen and oxygen atoms in total. The Kier molecular flexibility index (Phi) is 3.55. The quantitative estimate of drug-likeness (QED) is 0.760. The molecule has 3 heteroatoms. The molecule has 1 aromatic carbocycles. The summed E-state index contributed by atoms with van der Waals surface area (Å²) in [5.41, 5.74) is 1.14. The van der Waals surface area contributed by atoms with Gasteiger partial charge in [0.05, 0.1) is 10.0 Å². The molecule has 82 valence electrons. The Bertz CT molecular complexity index is 351. The molecule has 0 N–H and O–H groups in total. The molecule has 1 atom stereocenters. The van der Waals surface area contributed by atoms with Crippen molar-refractivity contribution in [1.82, 2.24) is 4.90 Å². The van der Waals surface area contributed by atoms with Gasteiger partial charge in [0, 0.05) is 12.6 Å². The van der Waals surface area contributed by atoms with Gasteiger partial charge in [-0.05, 0) is 37.9 Å². The van der Waals surface area contributed by atoms with Crippen LogP contribution in [0.25, 0.3) is 0 Å². The van der Waals surface area contributed by atoms with Crippen molar-refractivity contribution in [3.63, 3.8) is 0 Å². The van der Waals surface area contributed by atoms with Gasteiger partial charge in [0.15, 0.2) is 0 Å². The van der Waals surface area contributed by atoms with Crippen molar-refractivity contribution >= 4 is 23.2 Å². The topological polar surface area (TPSA) is 3.24 Å². The Morgan fingerprint density at radius 1 is 1.40 bits per heavy atom. The van der Waals surface area contributed by atoms with E-state index in [2.05, 4.69) is 17.9 Å². The number of likely N-dealkylation sites (tertiary alicyclic amines) is 1.